The Morgan fingerprint density at radius 3 is 2.52 bits per heavy atom. The summed E-state index contributed by atoms with van der Waals surface area (Å²) in [6.45, 7) is 6.32. The lowest BCUT2D eigenvalue weighted by molar-refractivity contribution is -0.122. The Labute approximate surface area is 149 Å². The van der Waals surface area contributed by atoms with Gasteiger partial charge in [0.1, 0.15) is 5.75 Å². The van der Waals surface area contributed by atoms with Gasteiger partial charge in [-0.2, -0.15) is 0 Å². The monoisotopic (exact) mass is 341 g/mol. The minimum atomic E-state index is -0.762. The lowest BCUT2D eigenvalue weighted by Crippen LogP contribution is -2.33. The Morgan fingerprint density at radius 2 is 1.88 bits per heavy atom. The molecular weight excluding hydrogens is 314 g/mol. The van der Waals surface area contributed by atoms with Gasteiger partial charge in [-0.1, -0.05) is 55.8 Å². The Balaban J connectivity index is 1.92. The van der Waals surface area contributed by atoms with Crippen LogP contribution in [0.3, 0.4) is 0 Å². The molecule has 0 saturated carbocycles. The third-order valence-electron chi connectivity index (χ3n) is 4.41. The van der Waals surface area contributed by atoms with Crippen LogP contribution in [0.5, 0.6) is 5.75 Å². The van der Waals surface area contributed by atoms with Gasteiger partial charge in [0.15, 0.2) is 0 Å². The van der Waals surface area contributed by atoms with E-state index < -0.39 is 6.10 Å². The molecular formula is C21H27NO3. The molecule has 2 aromatic carbocycles. The molecule has 0 bridgehead atoms. The average molecular weight is 341 g/mol. The van der Waals surface area contributed by atoms with E-state index in [1.54, 1.807) is 13.2 Å². The highest BCUT2D eigenvalue weighted by Crippen LogP contribution is 2.27. The second-order valence-electron chi connectivity index (χ2n) is 7.02. The molecule has 134 valence electrons. The molecule has 0 aliphatic rings. The van der Waals surface area contributed by atoms with E-state index in [-0.39, 0.29) is 17.9 Å². The maximum Gasteiger partial charge on any atom is 0.220 e. The van der Waals surface area contributed by atoms with E-state index in [0.29, 0.717) is 12.2 Å². The SMILES string of the molecule is COc1cccc(C(O)CNC(=O)CC(C)(C)c2ccc(C)cc2)c1. The zero-order chi connectivity index (χ0) is 18.4. The fourth-order valence-electron chi connectivity index (χ4n) is 2.75. The van der Waals surface area contributed by atoms with E-state index in [4.69, 9.17) is 4.74 Å². The number of rotatable bonds is 7. The number of aliphatic hydroxyl groups excluding tert-OH is 1. The summed E-state index contributed by atoms with van der Waals surface area (Å²) in [4.78, 5) is 12.3. The van der Waals surface area contributed by atoms with E-state index in [9.17, 15) is 9.90 Å². The molecule has 0 radical (unpaired) electrons. The molecule has 0 heterocycles. The van der Waals surface area contributed by atoms with Gasteiger partial charge >= 0.3 is 0 Å². The highest BCUT2D eigenvalue weighted by molar-refractivity contribution is 5.77. The third-order valence-corrected chi connectivity index (χ3v) is 4.41. The van der Waals surface area contributed by atoms with Crippen LogP contribution in [0.2, 0.25) is 0 Å². The Morgan fingerprint density at radius 1 is 1.20 bits per heavy atom. The summed E-state index contributed by atoms with van der Waals surface area (Å²) in [7, 11) is 1.58. The first-order chi connectivity index (χ1) is 11.8. The quantitative estimate of drug-likeness (QED) is 0.810. The van der Waals surface area contributed by atoms with Crippen LogP contribution in [-0.2, 0) is 10.2 Å². The zero-order valence-electron chi connectivity index (χ0n) is 15.4. The molecule has 4 nitrogen and oxygen atoms in total. The van der Waals surface area contributed by atoms with Crippen LogP contribution in [-0.4, -0.2) is 24.7 Å². The maximum absolute atomic E-state index is 12.3. The van der Waals surface area contributed by atoms with Gasteiger partial charge in [0.05, 0.1) is 13.2 Å². The van der Waals surface area contributed by atoms with Crippen molar-refractivity contribution in [2.24, 2.45) is 0 Å². The Bertz CT molecular complexity index is 707. The first kappa shape index (κ1) is 19.0. The number of carbonyl (C=O) groups is 1. The van der Waals surface area contributed by atoms with Crippen molar-refractivity contribution < 1.29 is 14.6 Å². The number of nitrogens with one attached hydrogen (secondary N) is 1. The Kier molecular flexibility index (Phi) is 6.21. The molecule has 2 N–H and O–H groups in total. The number of aliphatic hydroxyl groups is 1. The zero-order valence-corrected chi connectivity index (χ0v) is 15.4. The number of aryl methyl sites for hydroxylation is 1. The summed E-state index contributed by atoms with van der Waals surface area (Å²) in [5.41, 5.74) is 2.78. The van der Waals surface area contributed by atoms with Gasteiger partial charge < -0.3 is 15.2 Å². The number of hydrogen-bond acceptors (Lipinski definition) is 3. The number of carbonyl (C=O) groups excluding carboxylic acids is 1. The number of hydrogen-bond donors (Lipinski definition) is 2. The summed E-state index contributed by atoms with van der Waals surface area (Å²) in [5, 5.41) is 13.1. The van der Waals surface area contributed by atoms with E-state index in [0.717, 1.165) is 11.1 Å². The molecule has 0 saturated heterocycles. The molecule has 0 fully saturated rings. The molecule has 1 atom stereocenters. The van der Waals surface area contributed by atoms with Crippen molar-refractivity contribution in [2.45, 2.75) is 38.7 Å². The van der Waals surface area contributed by atoms with E-state index in [1.807, 2.05) is 25.1 Å². The van der Waals surface area contributed by atoms with Crippen LogP contribution in [0.1, 0.15) is 43.1 Å². The molecule has 0 aliphatic carbocycles. The highest BCUT2D eigenvalue weighted by atomic mass is 16.5. The van der Waals surface area contributed by atoms with Crippen molar-refractivity contribution >= 4 is 5.91 Å². The largest absolute Gasteiger partial charge is 0.497 e. The topological polar surface area (TPSA) is 58.6 Å². The van der Waals surface area contributed by atoms with Crippen LogP contribution in [0.15, 0.2) is 48.5 Å². The minimum absolute atomic E-state index is 0.0764. The van der Waals surface area contributed by atoms with Gasteiger partial charge in [-0.25, -0.2) is 0 Å². The van der Waals surface area contributed by atoms with Gasteiger partial charge in [0.2, 0.25) is 5.91 Å². The van der Waals surface area contributed by atoms with Crippen molar-refractivity contribution in [1.82, 2.24) is 5.32 Å². The molecule has 1 amide bonds. The van der Waals surface area contributed by atoms with Crippen LogP contribution in [0.4, 0.5) is 0 Å². The van der Waals surface area contributed by atoms with Crippen molar-refractivity contribution in [3.05, 3.63) is 65.2 Å². The summed E-state index contributed by atoms with van der Waals surface area (Å²) >= 11 is 0. The van der Waals surface area contributed by atoms with Crippen molar-refractivity contribution in [3.63, 3.8) is 0 Å². The molecule has 0 aromatic heterocycles. The first-order valence-corrected chi connectivity index (χ1v) is 8.48. The lowest BCUT2D eigenvalue weighted by atomic mass is 9.81. The molecule has 4 heteroatoms. The highest BCUT2D eigenvalue weighted by Gasteiger charge is 2.24. The second-order valence-corrected chi connectivity index (χ2v) is 7.02. The maximum atomic E-state index is 12.3. The van der Waals surface area contributed by atoms with Gasteiger partial charge in [0.25, 0.3) is 0 Å². The molecule has 25 heavy (non-hydrogen) atoms. The number of methoxy groups -OCH3 is 1. The second kappa shape index (κ2) is 8.17. The number of ether oxygens (including phenoxy) is 1. The van der Waals surface area contributed by atoms with Crippen molar-refractivity contribution in [2.75, 3.05) is 13.7 Å². The summed E-state index contributed by atoms with van der Waals surface area (Å²) in [6, 6.07) is 15.5. The fourth-order valence-corrected chi connectivity index (χ4v) is 2.75. The molecule has 0 spiro atoms. The van der Waals surface area contributed by atoms with Gasteiger partial charge in [-0.05, 0) is 35.6 Å². The summed E-state index contributed by atoms with van der Waals surface area (Å²) in [5.74, 6) is 0.607. The van der Waals surface area contributed by atoms with Gasteiger partial charge in [0, 0.05) is 13.0 Å². The summed E-state index contributed by atoms with van der Waals surface area (Å²) < 4.78 is 5.16. The Hall–Kier alpha value is -2.33. The van der Waals surface area contributed by atoms with E-state index >= 15 is 0 Å². The van der Waals surface area contributed by atoms with Gasteiger partial charge in [-0.15, -0.1) is 0 Å². The van der Waals surface area contributed by atoms with Crippen LogP contribution >= 0.6 is 0 Å². The number of amides is 1. The molecule has 2 rings (SSSR count). The summed E-state index contributed by atoms with van der Waals surface area (Å²) in [6.07, 6.45) is -0.400. The average Bonchev–Trinajstić information content (AvgIpc) is 2.59. The van der Waals surface area contributed by atoms with Crippen LogP contribution in [0, 0.1) is 6.92 Å². The standard InChI is InChI=1S/C21H27NO3/c1-15-8-10-17(11-9-15)21(2,3)13-20(24)22-14-19(23)16-6-5-7-18(12-16)25-4/h5-12,19,23H,13-14H2,1-4H3,(H,22,24). The van der Waals surface area contributed by atoms with Crippen molar-refractivity contribution in [3.8, 4) is 5.75 Å². The smallest absolute Gasteiger partial charge is 0.220 e. The van der Waals surface area contributed by atoms with Crippen molar-refractivity contribution in [1.29, 1.82) is 0 Å². The fraction of sp³-hybridized carbons (Fsp3) is 0.381. The predicted octanol–water partition coefficient (Wildman–Crippen LogP) is 3.52. The van der Waals surface area contributed by atoms with E-state index in [2.05, 4.69) is 43.4 Å². The molecule has 1 unspecified atom stereocenters. The molecule has 2 aromatic rings. The van der Waals surface area contributed by atoms with Crippen LogP contribution < -0.4 is 10.1 Å². The van der Waals surface area contributed by atoms with Crippen LogP contribution in [0.25, 0.3) is 0 Å². The normalized spacial score (nSPS) is 12.5. The first-order valence-electron chi connectivity index (χ1n) is 8.48. The minimum Gasteiger partial charge on any atom is -0.497 e. The molecule has 0 aliphatic heterocycles. The lowest BCUT2D eigenvalue weighted by Gasteiger charge is -2.25. The predicted molar refractivity (Wildman–Crippen MR) is 99.8 cm³/mol. The number of benzene rings is 2. The third kappa shape index (κ3) is 5.33. The van der Waals surface area contributed by atoms with Gasteiger partial charge in [-0.3, -0.25) is 4.79 Å². The van der Waals surface area contributed by atoms with E-state index in [1.165, 1.54) is 5.56 Å².